The van der Waals surface area contributed by atoms with Crippen LogP contribution in [0.15, 0.2) is 174 Å². The SMILES string of the molecule is [2H]c1c([2H])c([2H])c(-c2nc(-c3c([2H])c([2H])c([2H])c([2H])c3-c3c([2H])c([2H])c([2H])c(-n4c5c([2H])c([2H])c([2H])c([2H])c5c5c([2H])c([2H])c([2H])c([2H])c54)c3[2H])nc(-c3c([2H])c([2H])c4c(oc5c([2H])c([2H])c([2H])c([2H])c54)c3[2H])n2)c([2H])c1[2H]. The predicted octanol–water partition coefficient (Wildman–Crippen LogP) is 11.5. The van der Waals surface area contributed by atoms with Crippen LogP contribution in [0.5, 0.6) is 0 Å². The normalized spacial score (nSPS) is 19.4. The summed E-state index contributed by atoms with van der Waals surface area (Å²) in [4.78, 5) is 13.0. The summed E-state index contributed by atoms with van der Waals surface area (Å²) < 4.78 is 254. The number of furan rings is 1. The zero-order valence-electron chi connectivity index (χ0n) is 52.7. The van der Waals surface area contributed by atoms with E-state index in [-0.39, 0.29) is 5.39 Å². The first-order valence-corrected chi connectivity index (χ1v) is 14.4. The summed E-state index contributed by atoms with van der Waals surface area (Å²) in [6.07, 6.45) is 0. The Bertz CT molecular complexity index is 4390. The molecule has 0 saturated heterocycles. The fraction of sp³-hybridized carbons (Fsp3) is 0. The predicted molar refractivity (Wildman–Crippen MR) is 203 cm³/mol. The minimum atomic E-state index is -1.11. The van der Waals surface area contributed by atoms with Gasteiger partial charge in [0.15, 0.2) is 17.5 Å². The smallest absolute Gasteiger partial charge is 0.164 e. The van der Waals surface area contributed by atoms with Crippen LogP contribution >= 0.6 is 0 Å². The Morgan fingerprint density at radius 1 is 0.400 bits per heavy atom. The van der Waals surface area contributed by atoms with Gasteiger partial charge < -0.3 is 8.98 Å². The summed E-state index contributed by atoms with van der Waals surface area (Å²) in [6, 6.07) is -25.7. The monoisotopic (exact) mass is 668 g/mol. The third-order valence-electron chi connectivity index (χ3n) is 7.50. The van der Waals surface area contributed by atoms with Crippen molar-refractivity contribution in [3.05, 3.63) is 169 Å². The fourth-order valence-corrected chi connectivity index (χ4v) is 5.37. The lowest BCUT2D eigenvalue weighted by Gasteiger charge is -2.14. The maximum atomic E-state index is 9.84. The van der Waals surface area contributed by atoms with E-state index in [4.69, 9.17) is 33.2 Å². The molecule has 0 aliphatic carbocycles. The first-order chi connectivity index (χ1) is 36.4. The second-order valence-electron chi connectivity index (χ2n) is 10.3. The quantitative estimate of drug-likeness (QED) is 0.183. The molecule has 50 heavy (non-hydrogen) atoms. The largest absolute Gasteiger partial charge is 0.456 e. The number of hydrogen-bond acceptors (Lipinski definition) is 4. The van der Waals surface area contributed by atoms with Crippen LogP contribution in [0.4, 0.5) is 0 Å². The van der Waals surface area contributed by atoms with Crippen LogP contribution in [-0.4, -0.2) is 19.5 Å². The third-order valence-corrected chi connectivity index (χ3v) is 7.50. The highest BCUT2D eigenvalue weighted by Gasteiger charge is 2.18. The van der Waals surface area contributed by atoms with E-state index in [2.05, 4.69) is 15.0 Å². The zero-order chi connectivity index (χ0) is 57.4. The Labute approximate surface area is 327 Å². The summed E-state index contributed by atoms with van der Waals surface area (Å²) >= 11 is 0. The minimum absolute atomic E-state index is 0.374. The van der Waals surface area contributed by atoms with Crippen LogP contribution in [-0.2, 0) is 0 Å². The van der Waals surface area contributed by atoms with E-state index in [1.807, 2.05) is 0 Å². The second kappa shape index (κ2) is 11.4. The average Bonchev–Trinajstić information content (AvgIpc) is 4.02. The highest BCUT2D eigenvalue weighted by molar-refractivity contribution is 6.09. The Kier molecular flexibility index (Phi) is 2.72. The van der Waals surface area contributed by atoms with E-state index in [1.165, 1.54) is 0 Å². The molecule has 0 aliphatic rings. The van der Waals surface area contributed by atoms with Crippen molar-refractivity contribution < 1.29 is 42.8 Å². The van der Waals surface area contributed by atoms with Crippen molar-refractivity contribution in [2.24, 2.45) is 0 Å². The molecule has 0 amide bonds. The molecule has 0 spiro atoms. The van der Waals surface area contributed by atoms with Gasteiger partial charge in [-0.3, -0.25) is 0 Å². The van der Waals surface area contributed by atoms with Crippen molar-refractivity contribution in [3.63, 3.8) is 0 Å². The first kappa shape index (κ1) is 11.9. The molecule has 3 aromatic heterocycles. The van der Waals surface area contributed by atoms with Crippen LogP contribution in [0.2, 0.25) is 0 Å². The molecule has 0 atom stereocenters. The molecule has 0 saturated carbocycles. The van der Waals surface area contributed by atoms with Crippen LogP contribution in [0, 0.1) is 0 Å². The van der Waals surface area contributed by atoms with E-state index >= 15 is 0 Å². The highest BCUT2D eigenvalue weighted by atomic mass is 16.3. The Morgan fingerprint density at radius 2 is 0.980 bits per heavy atom. The van der Waals surface area contributed by atoms with Crippen LogP contribution in [0.1, 0.15) is 38.4 Å². The molecule has 0 unspecified atom stereocenters. The van der Waals surface area contributed by atoms with E-state index < -0.39 is 259 Å². The van der Waals surface area contributed by atoms with Gasteiger partial charge in [-0.15, -0.1) is 0 Å². The molecule has 10 rings (SSSR count). The number of hydrogen-bond donors (Lipinski definition) is 0. The number of para-hydroxylation sites is 3. The Hall–Kier alpha value is -6.85. The lowest BCUT2D eigenvalue weighted by Crippen LogP contribution is -2.01. The number of benzene rings is 7. The van der Waals surface area contributed by atoms with E-state index in [9.17, 15) is 9.60 Å². The van der Waals surface area contributed by atoms with Crippen molar-refractivity contribution >= 4 is 43.7 Å². The van der Waals surface area contributed by atoms with Gasteiger partial charge in [-0.1, -0.05) is 127 Å². The minimum Gasteiger partial charge on any atom is -0.456 e. The summed E-state index contributed by atoms with van der Waals surface area (Å²) in [5.41, 5.74) is -7.60. The highest BCUT2D eigenvalue weighted by Crippen LogP contribution is 2.37. The molecule has 0 N–H and O–H groups in total. The number of aromatic nitrogens is 4. The average molecular weight is 669 g/mol. The standard InChI is InChI=1S/C45H28N4O/c1-2-13-29(14-3-1)43-46-44(31-25-26-37-36-20-8-11-24-41(36)50-42(37)28-31)48-45(47-43)38-21-5-4-17-33(38)30-15-12-16-32(27-30)49-39-22-9-6-18-34(39)35-19-7-10-23-40(35)49/h1-28H/i1D,2D,3D,4D,5D,6D,7D,8D,9D,10D,11D,12D,13D,14D,15D,16D,17D,18D,19D,20D,21D,22D,23D,24D,25D,26D,27D,28D. The van der Waals surface area contributed by atoms with Gasteiger partial charge in [0.2, 0.25) is 0 Å². The number of rotatable bonds is 5. The van der Waals surface area contributed by atoms with Crippen LogP contribution < -0.4 is 0 Å². The lowest BCUT2D eigenvalue weighted by molar-refractivity contribution is 0.669. The summed E-state index contributed by atoms with van der Waals surface area (Å²) in [7, 11) is 0. The summed E-state index contributed by atoms with van der Waals surface area (Å²) in [5, 5.41) is -1.81. The van der Waals surface area contributed by atoms with Gasteiger partial charge in [0.1, 0.15) is 11.2 Å². The van der Waals surface area contributed by atoms with Crippen molar-refractivity contribution in [2.75, 3.05) is 0 Å². The zero-order valence-corrected chi connectivity index (χ0v) is 24.7. The Morgan fingerprint density at radius 3 is 1.76 bits per heavy atom. The summed E-state index contributed by atoms with van der Waals surface area (Å²) in [5.74, 6) is -2.76. The van der Waals surface area contributed by atoms with Gasteiger partial charge in [-0.05, 0) is 53.4 Å². The second-order valence-corrected chi connectivity index (χ2v) is 10.3. The molecule has 5 nitrogen and oxygen atoms in total. The van der Waals surface area contributed by atoms with Gasteiger partial charge in [0.05, 0.1) is 49.4 Å². The first-order valence-electron chi connectivity index (χ1n) is 28.4. The van der Waals surface area contributed by atoms with Crippen LogP contribution in [0.25, 0.3) is 94.7 Å². The molecule has 0 bridgehead atoms. The molecule has 10 aromatic rings. The van der Waals surface area contributed by atoms with Gasteiger partial charge in [-0.25, -0.2) is 15.0 Å². The van der Waals surface area contributed by atoms with Crippen molar-refractivity contribution in [1.29, 1.82) is 0 Å². The molecule has 5 heteroatoms. The maximum Gasteiger partial charge on any atom is 0.164 e. The number of fused-ring (bicyclic) bond motifs is 6. The van der Waals surface area contributed by atoms with Gasteiger partial charge in [0, 0.05) is 43.9 Å². The fourth-order valence-electron chi connectivity index (χ4n) is 5.37. The number of nitrogens with zero attached hydrogens (tertiary/aromatic N) is 4. The third kappa shape index (κ3) is 4.60. The van der Waals surface area contributed by atoms with Crippen LogP contribution in [0.3, 0.4) is 0 Å². The molecule has 234 valence electrons. The molecule has 0 fully saturated rings. The molecular weight excluding hydrogens is 613 g/mol. The van der Waals surface area contributed by atoms with E-state index in [1.54, 1.807) is 0 Å². The molecule has 0 radical (unpaired) electrons. The van der Waals surface area contributed by atoms with E-state index in [0.29, 0.717) is 4.57 Å². The van der Waals surface area contributed by atoms with Gasteiger partial charge in [-0.2, -0.15) is 0 Å². The maximum absolute atomic E-state index is 9.84. The summed E-state index contributed by atoms with van der Waals surface area (Å²) in [6.45, 7) is 0. The molecule has 0 aliphatic heterocycles. The van der Waals surface area contributed by atoms with Gasteiger partial charge in [0.25, 0.3) is 0 Å². The molecule has 7 aromatic carbocycles. The van der Waals surface area contributed by atoms with Crippen molar-refractivity contribution in [3.8, 4) is 51.0 Å². The molecular formula is C45H28N4O. The van der Waals surface area contributed by atoms with E-state index in [0.717, 1.165) is 0 Å². The topological polar surface area (TPSA) is 56.7 Å². The Balaban J connectivity index is 1.39. The van der Waals surface area contributed by atoms with Crippen molar-refractivity contribution in [1.82, 2.24) is 19.5 Å². The van der Waals surface area contributed by atoms with Gasteiger partial charge >= 0.3 is 0 Å². The molecule has 3 heterocycles. The lowest BCUT2D eigenvalue weighted by atomic mass is 9.98. The van der Waals surface area contributed by atoms with Crippen molar-refractivity contribution in [2.45, 2.75) is 0 Å².